The summed E-state index contributed by atoms with van der Waals surface area (Å²) in [5.41, 5.74) is 3.40. The highest BCUT2D eigenvalue weighted by molar-refractivity contribution is 14.0. The number of guanidine groups is 1. The molecule has 0 saturated heterocycles. The van der Waals surface area contributed by atoms with Crippen LogP contribution in [0, 0.1) is 0 Å². The average Bonchev–Trinajstić information content (AvgIpc) is 3.26. The Bertz CT molecular complexity index is 863. The van der Waals surface area contributed by atoms with Crippen molar-refractivity contribution in [3.05, 3.63) is 78.1 Å². The fraction of sp³-hybridized carbons (Fsp3) is 0.238. The highest BCUT2D eigenvalue weighted by atomic mass is 127. The monoisotopic (exact) mass is 491 g/mol. The van der Waals surface area contributed by atoms with E-state index in [0.29, 0.717) is 6.54 Å². The summed E-state index contributed by atoms with van der Waals surface area (Å²) < 4.78 is 7.23. The van der Waals surface area contributed by atoms with Gasteiger partial charge in [0.15, 0.2) is 5.96 Å². The zero-order chi connectivity index (χ0) is 18.9. The molecular formula is C21H26IN5O. The molecule has 0 spiro atoms. The number of benzene rings is 2. The van der Waals surface area contributed by atoms with Crippen LogP contribution in [0.1, 0.15) is 11.1 Å². The predicted molar refractivity (Wildman–Crippen MR) is 124 cm³/mol. The number of halogens is 1. The summed E-state index contributed by atoms with van der Waals surface area (Å²) in [5.74, 6) is 1.69. The Morgan fingerprint density at radius 2 is 1.86 bits per heavy atom. The molecule has 1 aromatic heterocycles. The van der Waals surface area contributed by atoms with E-state index in [9.17, 15) is 0 Å². The van der Waals surface area contributed by atoms with Crippen molar-refractivity contribution in [1.82, 2.24) is 20.4 Å². The minimum atomic E-state index is 0. The van der Waals surface area contributed by atoms with Crippen molar-refractivity contribution in [3.8, 4) is 11.4 Å². The van der Waals surface area contributed by atoms with Gasteiger partial charge in [-0.15, -0.1) is 24.0 Å². The van der Waals surface area contributed by atoms with E-state index in [0.717, 1.165) is 30.4 Å². The van der Waals surface area contributed by atoms with Gasteiger partial charge in [-0.25, -0.2) is 4.68 Å². The highest BCUT2D eigenvalue weighted by Crippen LogP contribution is 2.17. The van der Waals surface area contributed by atoms with Crippen LogP contribution >= 0.6 is 24.0 Å². The molecule has 3 aromatic rings. The first-order valence-corrected chi connectivity index (χ1v) is 8.95. The molecule has 28 heavy (non-hydrogen) atoms. The molecule has 6 nitrogen and oxygen atoms in total. The minimum absolute atomic E-state index is 0. The standard InChI is InChI=1S/C21H25N5O.HI/c1-22-21(23-14-12-18-6-3-4-7-20(18)27-2)24-16-17-8-10-19(11-9-17)26-15-5-13-25-26;/h3-11,13,15H,12,14,16H2,1-2H3,(H2,22,23,24);1H. The maximum absolute atomic E-state index is 5.39. The number of nitrogens with zero attached hydrogens (tertiary/aromatic N) is 3. The van der Waals surface area contributed by atoms with Gasteiger partial charge in [0.05, 0.1) is 12.8 Å². The highest BCUT2D eigenvalue weighted by Gasteiger charge is 2.03. The first-order chi connectivity index (χ1) is 13.3. The zero-order valence-corrected chi connectivity index (χ0v) is 18.5. The van der Waals surface area contributed by atoms with Gasteiger partial charge in [-0.05, 0) is 41.8 Å². The van der Waals surface area contributed by atoms with Gasteiger partial charge in [0.1, 0.15) is 5.75 Å². The van der Waals surface area contributed by atoms with Crippen molar-refractivity contribution in [3.63, 3.8) is 0 Å². The number of aliphatic imine (C=N–C) groups is 1. The summed E-state index contributed by atoms with van der Waals surface area (Å²) >= 11 is 0. The van der Waals surface area contributed by atoms with Crippen LogP contribution in [0.25, 0.3) is 5.69 Å². The van der Waals surface area contributed by atoms with Crippen LogP contribution in [0.3, 0.4) is 0 Å². The lowest BCUT2D eigenvalue weighted by atomic mass is 10.1. The number of nitrogens with one attached hydrogen (secondary N) is 2. The van der Waals surface area contributed by atoms with E-state index in [1.54, 1.807) is 20.4 Å². The molecular weight excluding hydrogens is 465 g/mol. The zero-order valence-electron chi connectivity index (χ0n) is 16.1. The normalized spacial score (nSPS) is 10.9. The number of para-hydroxylation sites is 1. The minimum Gasteiger partial charge on any atom is -0.496 e. The van der Waals surface area contributed by atoms with Crippen molar-refractivity contribution in [1.29, 1.82) is 0 Å². The third kappa shape index (κ3) is 5.98. The Kier molecular flexibility index (Phi) is 8.80. The van der Waals surface area contributed by atoms with Crippen LogP contribution in [-0.4, -0.2) is 36.4 Å². The first kappa shape index (κ1) is 21.7. The molecule has 2 aromatic carbocycles. The number of methoxy groups -OCH3 is 1. The number of hydrogen-bond donors (Lipinski definition) is 2. The summed E-state index contributed by atoms with van der Waals surface area (Å²) in [6, 6.07) is 18.3. The molecule has 0 aliphatic heterocycles. The molecule has 0 unspecified atom stereocenters. The van der Waals surface area contributed by atoms with Crippen LogP contribution in [0.4, 0.5) is 0 Å². The summed E-state index contributed by atoms with van der Waals surface area (Å²) in [5, 5.41) is 10.9. The maximum atomic E-state index is 5.39. The Morgan fingerprint density at radius 3 is 2.54 bits per heavy atom. The van der Waals surface area contributed by atoms with Crippen molar-refractivity contribution in [2.45, 2.75) is 13.0 Å². The second-order valence-electron chi connectivity index (χ2n) is 6.03. The lowest BCUT2D eigenvalue weighted by Gasteiger charge is -2.13. The van der Waals surface area contributed by atoms with Crippen molar-refractivity contribution in [2.75, 3.05) is 20.7 Å². The summed E-state index contributed by atoms with van der Waals surface area (Å²) in [6.45, 7) is 1.48. The Hall–Kier alpha value is -2.55. The van der Waals surface area contributed by atoms with Gasteiger partial charge >= 0.3 is 0 Å². The van der Waals surface area contributed by atoms with Crippen molar-refractivity contribution < 1.29 is 4.74 Å². The van der Waals surface area contributed by atoms with Gasteiger partial charge in [0.25, 0.3) is 0 Å². The predicted octanol–water partition coefficient (Wildman–Crippen LogP) is 3.41. The smallest absolute Gasteiger partial charge is 0.191 e. The number of ether oxygens (including phenoxy) is 1. The second kappa shape index (κ2) is 11.3. The van der Waals surface area contributed by atoms with E-state index in [4.69, 9.17) is 4.74 Å². The van der Waals surface area contributed by atoms with E-state index in [1.165, 1.54) is 11.1 Å². The quantitative estimate of drug-likeness (QED) is 0.302. The summed E-state index contributed by atoms with van der Waals surface area (Å²) in [6.07, 6.45) is 4.57. The van der Waals surface area contributed by atoms with Crippen LogP contribution in [0.5, 0.6) is 5.75 Å². The number of rotatable bonds is 7. The van der Waals surface area contributed by atoms with Gasteiger partial charge < -0.3 is 15.4 Å². The third-order valence-corrected chi connectivity index (χ3v) is 4.27. The number of hydrogen-bond acceptors (Lipinski definition) is 3. The lowest BCUT2D eigenvalue weighted by Crippen LogP contribution is -2.37. The van der Waals surface area contributed by atoms with Gasteiger partial charge in [-0.2, -0.15) is 5.10 Å². The molecule has 0 aliphatic rings. The summed E-state index contributed by atoms with van der Waals surface area (Å²) in [4.78, 5) is 4.28. The third-order valence-electron chi connectivity index (χ3n) is 4.27. The van der Waals surface area contributed by atoms with Gasteiger partial charge in [-0.1, -0.05) is 30.3 Å². The van der Waals surface area contributed by atoms with E-state index in [1.807, 2.05) is 35.1 Å². The maximum Gasteiger partial charge on any atom is 0.191 e. The fourth-order valence-corrected chi connectivity index (χ4v) is 2.82. The second-order valence-corrected chi connectivity index (χ2v) is 6.03. The van der Waals surface area contributed by atoms with E-state index < -0.39 is 0 Å². The van der Waals surface area contributed by atoms with Crippen LogP contribution in [0.15, 0.2) is 72.0 Å². The van der Waals surface area contributed by atoms with Gasteiger partial charge in [-0.3, -0.25) is 4.99 Å². The Morgan fingerprint density at radius 1 is 1.07 bits per heavy atom. The average molecular weight is 491 g/mol. The molecule has 0 radical (unpaired) electrons. The number of aromatic nitrogens is 2. The van der Waals surface area contributed by atoms with Crippen LogP contribution in [0.2, 0.25) is 0 Å². The molecule has 0 fully saturated rings. The topological polar surface area (TPSA) is 63.5 Å². The van der Waals surface area contributed by atoms with E-state index in [2.05, 4.69) is 51.1 Å². The van der Waals surface area contributed by atoms with Crippen LogP contribution in [-0.2, 0) is 13.0 Å². The van der Waals surface area contributed by atoms with Crippen molar-refractivity contribution in [2.24, 2.45) is 4.99 Å². The molecule has 3 rings (SSSR count). The molecule has 148 valence electrons. The van der Waals surface area contributed by atoms with Gasteiger partial charge in [0, 0.05) is 32.5 Å². The van der Waals surface area contributed by atoms with E-state index in [-0.39, 0.29) is 24.0 Å². The molecule has 0 aliphatic carbocycles. The molecule has 0 saturated carbocycles. The fourth-order valence-electron chi connectivity index (χ4n) is 2.82. The van der Waals surface area contributed by atoms with Crippen molar-refractivity contribution >= 4 is 29.9 Å². The largest absolute Gasteiger partial charge is 0.496 e. The summed E-state index contributed by atoms with van der Waals surface area (Å²) in [7, 11) is 3.48. The first-order valence-electron chi connectivity index (χ1n) is 8.95. The Balaban J connectivity index is 0.00000280. The molecule has 0 atom stereocenters. The molecule has 0 amide bonds. The van der Waals surface area contributed by atoms with Crippen LogP contribution < -0.4 is 15.4 Å². The molecule has 0 bridgehead atoms. The Labute approximate surface area is 183 Å². The molecule has 7 heteroatoms. The molecule has 2 N–H and O–H groups in total. The van der Waals surface area contributed by atoms with E-state index >= 15 is 0 Å². The SMILES string of the molecule is CN=C(NCCc1ccccc1OC)NCc1ccc(-n2cccn2)cc1.I. The van der Waals surface area contributed by atoms with Gasteiger partial charge in [0.2, 0.25) is 0 Å². The molecule has 1 heterocycles. The lowest BCUT2D eigenvalue weighted by molar-refractivity contribution is 0.409.